The van der Waals surface area contributed by atoms with Gasteiger partial charge < -0.3 is 14.2 Å². The molecule has 136 valence electrons. The van der Waals surface area contributed by atoms with Crippen LogP contribution in [0, 0.1) is 0 Å². The van der Waals surface area contributed by atoms with Gasteiger partial charge in [-0.2, -0.15) is 5.10 Å². The van der Waals surface area contributed by atoms with Crippen molar-refractivity contribution in [1.82, 2.24) is 5.43 Å². The Kier molecular flexibility index (Phi) is 7.39. The van der Waals surface area contributed by atoms with Crippen molar-refractivity contribution in [2.75, 3.05) is 20.8 Å². The summed E-state index contributed by atoms with van der Waals surface area (Å²) in [5.74, 6) is 0.825. The van der Waals surface area contributed by atoms with Gasteiger partial charge in [0, 0.05) is 7.11 Å². The molecule has 0 radical (unpaired) electrons. The summed E-state index contributed by atoms with van der Waals surface area (Å²) in [5.41, 5.74) is 4.00. The maximum absolute atomic E-state index is 12.3. The summed E-state index contributed by atoms with van der Waals surface area (Å²) in [7, 11) is 3.04. The maximum Gasteiger partial charge on any atom is 0.273 e. The first kappa shape index (κ1) is 19.2. The molecular weight excluding hydrogens is 332 g/mol. The third-order valence-corrected chi connectivity index (χ3v) is 3.51. The molecular formula is C20H22N2O4. The molecule has 0 bridgehead atoms. The highest BCUT2D eigenvalue weighted by atomic mass is 16.5. The minimum atomic E-state index is -0.724. The molecule has 2 aromatic carbocycles. The number of nitrogens with zero attached hydrogens (tertiary/aromatic N) is 1. The lowest BCUT2D eigenvalue weighted by Gasteiger charge is -2.13. The number of amides is 1. The van der Waals surface area contributed by atoms with E-state index in [0.29, 0.717) is 18.1 Å². The van der Waals surface area contributed by atoms with E-state index in [2.05, 4.69) is 17.1 Å². The highest BCUT2D eigenvalue weighted by Crippen LogP contribution is 2.27. The molecule has 6 nitrogen and oxygen atoms in total. The number of nitrogens with one attached hydrogen (secondary N) is 1. The Balaban J connectivity index is 2.03. The largest absolute Gasteiger partial charge is 0.493 e. The van der Waals surface area contributed by atoms with E-state index in [1.54, 1.807) is 25.3 Å². The minimum Gasteiger partial charge on any atom is -0.493 e. The number of ether oxygens (including phenoxy) is 3. The van der Waals surface area contributed by atoms with Crippen molar-refractivity contribution in [3.63, 3.8) is 0 Å². The molecule has 1 N–H and O–H groups in total. The monoisotopic (exact) mass is 354 g/mol. The van der Waals surface area contributed by atoms with Crippen molar-refractivity contribution in [1.29, 1.82) is 0 Å². The van der Waals surface area contributed by atoms with Gasteiger partial charge in [-0.1, -0.05) is 43.0 Å². The van der Waals surface area contributed by atoms with Crippen LogP contribution in [-0.2, 0) is 9.53 Å². The summed E-state index contributed by atoms with van der Waals surface area (Å²) in [6.45, 7) is 4.00. The smallest absolute Gasteiger partial charge is 0.273 e. The fourth-order valence-electron chi connectivity index (χ4n) is 2.28. The van der Waals surface area contributed by atoms with Crippen LogP contribution in [0.2, 0.25) is 0 Å². The average molecular weight is 354 g/mol. The van der Waals surface area contributed by atoms with Crippen molar-refractivity contribution in [3.05, 3.63) is 72.3 Å². The Morgan fingerprint density at radius 1 is 1.19 bits per heavy atom. The van der Waals surface area contributed by atoms with Gasteiger partial charge >= 0.3 is 0 Å². The molecule has 0 saturated carbocycles. The number of hydrogen-bond acceptors (Lipinski definition) is 5. The van der Waals surface area contributed by atoms with Gasteiger partial charge in [-0.3, -0.25) is 4.79 Å². The molecule has 0 aliphatic carbocycles. The lowest BCUT2D eigenvalue weighted by Crippen LogP contribution is -2.26. The zero-order valence-electron chi connectivity index (χ0n) is 14.8. The number of hydrazone groups is 1. The summed E-state index contributed by atoms with van der Waals surface area (Å²) in [4.78, 5) is 12.3. The van der Waals surface area contributed by atoms with Crippen molar-refractivity contribution < 1.29 is 19.0 Å². The first-order valence-electron chi connectivity index (χ1n) is 8.02. The third kappa shape index (κ3) is 5.19. The molecule has 2 rings (SSSR count). The van der Waals surface area contributed by atoms with Gasteiger partial charge in [-0.25, -0.2) is 5.43 Å². The molecule has 0 fully saturated rings. The maximum atomic E-state index is 12.3. The number of carbonyl (C=O) groups is 1. The molecule has 0 aromatic heterocycles. The van der Waals surface area contributed by atoms with Gasteiger partial charge in [0.2, 0.25) is 0 Å². The van der Waals surface area contributed by atoms with Crippen LogP contribution in [0.4, 0.5) is 0 Å². The fraction of sp³-hybridized carbons (Fsp3) is 0.200. The van der Waals surface area contributed by atoms with Crippen LogP contribution in [0.3, 0.4) is 0 Å². The van der Waals surface area contributed by atoms with Crippen LogP contribution in [0.5, 0.6) is 11.5 Å². The second-order valence-electron chi connectivity index (χ2n) is 5.27. The second-order valence-corrected chi connectivity index (χ2v) is 5.27. The van der Waals surface area contributed by atoms with Gasteiger partial charge in [0.15, 0.2) is 17.6 Å². The Hall–Kier alpha value is -3.12. The van der Waals surface area contributed by atoms with Crippen LogP contribution in [0.1, 0.15) is 17.2 Å². The predicted molar refractivity (Wildman–Crippen MR) is 101 cm³/mol. The summed E-state index contributed by atoms with van der Waals surface area (Å²) in [6, 6.07) is 14.6. The number of carbonyl (C=O) groups excluding carboxylic acids is 1. The van der Waals surface area contributed by atoms with E-state index >= 15 is 0 Å². The van der Waals surface area contributed by atoms with Crippen LogP contribution < -0.4 is 14.9 Å². The lowest BCUT2D eigenvalue weighted by atomic mass is 10.1. The molecule has 0 heterocycles. The first-order valence-corrected chi connectivity index (χ1v) is 8.02. The van der Waals surface area contributed by atoms with Crippen molar-refractivity contribution >= 4 is 12.1 Å². The molecule has 2 aromatic rings. The minimum absolute atomic E-state index is 0.354. The van der Waals surface area contributed by atoms with Gasteiger partial charge in [0.05, 0.1) is 13.3 Å². The van der Waals surface area contributed by atoms with E-state index in [9.17, 15) is 4.79 Å². The summed E-state index contributed by atoms with van der Waals surface area (Å²) in [5, 5.41) is 3.99. The van der Waals surface area contributed by atoms with Gasteiger partial charge in [0.25, 0.3) is 5.91 Å². The molecule has 0 aliphatic heterocycles. The van der Waals surface area contributed by atoms with Crippen molar-refractivity contribution in [2.24, 2.45) is 5.10 Å². The molecule has 6 heteroatoms. The Bertz CT molecular complexity index is 760. The highest BCUT2D eigenvalue weighted by molar-refractivity contribution is 5.85. The topological polar surface area (TPSA) is 69.2 Å². The normalized spacial score (nSPS) is 11.8. The van der Waals surface area contributed by atoms with E-state index in [1.807, 2.05) is 36.4 Å². The quantitative estimate of drug-likeness (QED) is 0.427. The van der Waals surface area contributed by atoms with E-state index in [1.165, 1.54) is 13.3 Å². The zero-order valence-corrected chi connectivity index (χ0v) is 14.8. The summed E-state index contributed by atoms with van der Waals surface area (Å²) in [6.07, 6.45) is 2.45. The number of methoxy groups -OCH3 is 2. The molecule has 1 unspecified atom stereocenters. The average Bonchev–Trinajstić information content (AvgIpc) is 2.68. The van der Waals surface area contributed by atoms with Crippen molar-refractivity contribution in [2.45, 2.75) is 6.10 Å². The standard InChI is InChI=1S/C20H22N2O4/c1-4-12-26-17-11-10-15(13-18(17)24-2)14-21-22-20(23)19(25-3)16-8-6-5-7-9-16/h4-11,13-14,19H,1,12H2,2-3H3,(H,22,23)/b21-14+. The molecule has 0 aliphatic rings. The van der Waals surface area contributed by atoms with Crippen LogP contribution in [-0.4, -0.2) is 32.9 Å². The number of benzene rings is 2. The highest BCUT2D eigenvalue weighted by Gasteiger charge is 2.19. The van der Waals surface area contributed by atoms with Gasteiger partial charge in [-0.05, 0) is 29.3 Å². The Morgan fingerprint density at radius 3 is 2.62 bits per heavy atom. The van der Waals surface area contributed by atoms with E-state index in [-0.39, 0.29) is 5.91 Å². The number of rotatable bonds is 9. The molecule has 0 spiro atoms. The molecule has 1 amide bonds. The van der Waals surface area contributed by atoms with E-state index in [4.69, 9.17) is 14.2 Å². The third-order valence-electron chi connectivity index (χ3n) is 3.51. The Labute approximate surface area is 153 Å². The first-order chi connectivity index (χ1) is 12.7. The molecule has 0 saturated heterocycles. The van der Waals surface area contributed by atoms with Crippen molar-refractivity contribution in [3.8, 4) is 11.5 Å². The van der Waals surface area contributed by atoms with Gasteiger partial charge in [-0.15, -0.1) is 0 Å². The van der Waals surface area contributed by atoms with E-state index < -0.39 is 6.10 Å². The SMILES string of the molecule is C=CCOc1ccc(/C=N/NC(=O)C(OC)c2ccccc2)cc1OC. The van der Waals surface area contributed by atoms with Crippen LogP contribution >= 0.6 is 0 Å². The van der Waals surface area contributed by atoms with Crippen LogP contribution in [0.25, 0.3) is 0 Å². The van der Waals surface area contributed by atoms with Crippen LogP contribution in [0.15, 0.2) is 66.3 Å². The van der Waals surface area contributed by atoms with Gasteiger partial charge in [0.1, 0.15) is 6.61 Å². The second kappa shape index (κ2) is 10.0. The molecule has 1 atom stereocenters. The molecule has 26 heavy (non-hydrogen) atoms. The van der Waals surface area contributed by atoms with E-state index in [0.717, 1.165) is 11.1 Å². The predicted octanol–water partition coefficient (Wildman–Crippen LogP) is 3.10. The Morgan fingerprint density at radius 2 is 1.96 bits per heavy atom. The lowest BCUT2D eigenvalue weighted by molar-refractivity contribution is -0.131. The summed E-state index contributed by atoms with van der Waals surface area (Å²) >= 11 is 0. The zero-order chi connectivity index (χ0) is 18.8. The summed E-state index contributed by atoms with van der Waals surface area (Å²) < 4.78 is 16.1. The number of hydrogen-bond donors (Lipinski definition) is 1. The fourth-order valence-corrected chi connectivity index (χ4v) is 2.28.